The van der Waals surface area contributed by atoms with Crippen molar-refractivity contribution in [2.24, 2.45) is 5.92 Å². The quantitative estimate of drug-likeness (QED) is 0.868. The van der Waals surface area contributed by atoms with Gasteiger partial charge in [0.05, 0.1) is 0 Å². The first-order chi connectivity index (χ1) is 8.20. The molecule has 1 nitrogen and oxygen atoms in total. The number of hydrogen-bond donors (Lipinski definition) is 1. The van der Waals surface area contributed by atoms with Crippen LogP contribution >= 0.6 is 11.8 Å². The van der Waals surface area contributed by atoms with E-state index in [4.69, 9.17) is 0 Å². The molecule has 4 heteroatoms. The Morgan fingerprint density at radius 3 is 2.71 bits per heavy atom. The Morgan fingerprint density at radius 1 is 1.41 bits per heavy atom. The Hall–Kier alpha value is -0.610. The fraction of sp³-hybridized carbons (Fsp3) is 0.538. The lowest BCUT2D eigenvalue weighted by atomic mass is 10.0. The molecule has 1 aromatic carbocycles. The summed E-state index contributed by atoms with van der Waals surface area (Å²) in [6, 6.07) is 3.81. The topological polar surface area (TPSA) is 12.0 Å². The molecule has 1 unspecified atom stereocenters. The SMILES string of the molecule is CCC(NCC1CSC1)c1ccc(F)cc1F. The van der Waals surface area contributed by atoms with Crippen molar-refractivity contribution in [2.75, 3.05) is 18.1 Å². The molecule has 0 bridgehead atoms. The number of nitrogens with one attached hydrogen (secondary N) is 1. The molecule has 0 radical (unpaired) electrons. The number of hydrogen-bond acceptors (Lipinski definition) is 2. The zero-order valence-electron chi connectivity index (χ0n) is 9.88. The molecule has 1 N–H and O–H groups in total. The highest BCUT2D eigenvalue weighted by atomic mass is 32.2. The van der Waals surface area contributed by atoms with Crippen LogP contribution in [-0.4, -0.2) is 18.1 Å². The van der Waals surface area contributed by atoms with Crippen LogP contribution in [0.25, 0.3) is 0 Å². The van der Waals surface area contributed by atoms with Gasteiger partial charge in [0.2, 0.25) is 0 Å². The van der Waals surface area contributed by atoms with E-state index in [2.05, 4.69) is 5.32 Å². The molecule has 0 saturated carbocycles. The lowest BCUT2D eigenvalue weighted by Crippen LogP contribution is -2.33. The molecule has 1 heterocycles. The van der Waals surface area contributed by atoms with Crippen LogP contribution in [0.4, 0.5) is 8.78 Å². The average Bonchev–Trinajstić information content (AvgIpc) is 2.23. The van der Waals surface area contributed by atoms with E-state index in [9.17, 15) is 8.78 Å². The molecule has 1 atom stereocenters. The molecule has 1 aromatic rings. The van der Waals surface area contributed by atoms with Crippen LogP contribution in [-0.2, 0) is 0 Å². The van der Waals surface area contributed by atoms with E-state index < -0.39 is 11.6 Å². The smallest absolute Gasteiger partial charge is 0.130 e. The van der Waals surface area contributed by atoms with E-state index in [0.717, 1.165) is 19.0 Å². The van der Waals surface area contributed by atoms with Crippen molar-refractivity contribution in [3.63, 3.8) is 0 Å². The number of rotatable bonds is 5. The molecule has 1 aliphatic heterocycles. The van der Waals surface area contributed by atoms with Crippen molar-refractivity contribution in [2.45, 2.75) is 19.4 Å². The Kier molecular flexibility index (Phi) is 4.40. The predicted octanol–water partition coefficient (Wildman–Crippen LogP) is 3.37. The van der Waals surface area contributed by atoms with Gasteiger partial charge >= 0.3 is 0 Å². The zero-order chi connectivity index (χ0) is 12.3. The average molecular weight is 257 g/mol. The molecule has 1 fully saturated rings. The van der Waals surface area contributed by atoms with E-state index in [1.165, 1.54) is 17.6 Å². The van der Waals surface area contributed by atoms with Crippen LogP contribution < -0.4 is 5.32 Å². The molecular weight excluding hydrogens is 240 g/mol. The first-order valence-electron chi connectivity index (χ1n) is 5.96. The second kappa shape index (κ2) is 5.83. The van der Waals surface area contributed by atoms with Gasteiger partial charge in [-0.2, -0.15) is 11.8 Å². The lowest BCUT2D eigenvalue weighted by molar-refractivity contribution is 0.444. The highest BCUT2D eigenvalue weighted by Crippen LogP contribution is 2.26. The van der Waals surface area contributed by atoms with Crippen molar-refractivity contribution in [3.05, 3.63) is 35.4 Å². The second-order valence-electron chi connectivity index (χ2n) is 4.44. The summed E-state index contributed by atoms with van der Waals surface area (Å²) in [5, 5.41) is 3.37. The van der Waals surface area contributed by atoms with Crippen LogP contribution in [0.2, 0.25) is 0 Å². The second-order valence-corrected chi connectivity index (χ2v) is 5.51. The van der Waals surface area contributed by atoms with Gasteiger partial charge in [-0.3, -0.25) is 0 Å². The summed E-state index contributed by atoms with van der Waals surface area (Å²) in [6.45, 7) is 2.93. The molecule has 1 aliphatic rings. The summed E-state index contributed by atoms with van der Waals surface area (Å²) in [5.41, 5.74) is 0.570. The van der Waals surface area contributed by atoms with Crippen LogP contribution in [0, 0.1) is 17.6 Å². The first-order valence-corrected chi connectivity index (χ1v) is 7.12. The van der Waals surface area contributed by atoms with Gasteiger partial charge in [0.15, 0.2) is 0 Å². The predicted molar refractivity (Wildman–Crippen MR) is 68.2 cm³/mol. The normalized spacial score (nSPS) is 17.8. The maximum Gasteiger partial charge on any atom is 0.130 e. The Balaban J connectivity index is 2.00. The van der Waals surface area contributed by atoms with Crippen LogP contribution in [0.1, 0.15) is 24.9 Å². The van der Waals surface area contributed by atoms with Gasteiger partial charge in [-0.1, -0.05) is 13.0 Å². The van der Waals surface area contributed by atoms with E-state index in [1.54, 1.807) is 6.07 Å². The van der Waals surface area contributed by atoms with Crippen molar-refractivity contribution >= 4 is 11.8 Å². The van der Waals surface area contributed by atoms with Gasteiger partial charge in [0, 0.05) is 24.2 Å². The molecule has 1 saturated heterocycles. The largest absolute Gasteiger partial charge is 0.310 e. The fourth-order valence-electron chi connectivity index (χ4n) is 1.97. The van der Waals surface area contributed by atoms with Gasteiger partial charge in [-0.25, -0.2) is 8.78 Å². The molecule has 0 aromatic heterocycles. The first kappa shape index (κ1) is 12.8. The van der Waals surface area contributed by atoms with Crippen molar-refractivity contribution in [3.8, 4) is 0 Å². The summed E-state index contributed by atoms with van der Waals surface area (Å²) >= 11 is 1.94. The van der Waals surface area contributed by atoms with E-state index in [0.29, 0.717) is 11.5 Å². The molecule has 0 amide bonds. The van der Waals surface area contributed by atoms with E-state index in [1.807, 2.05) is 18.7 Å². The van der Waals surface area contributed by atoms with E-state index in [-0.39, 0.29) is 6.04 Å². The minimum atomic E-state index is -0.517. The van der Waals surface area contributed by atoms with Gasteiger partial charge in [-0.15, -0.1) is 0 Å². The number of benzene rings is 1. The third kappa shape index (κ3) is 3.19. The van der Waals surface area contributed by atoms with Gasteiger partial charge in [0.25, 0.3) is 0 Å². The Bertz CT molecular complexity index is 380. The van der Waals surface area contributed by atoms with Gasteiger partial charge < -0.3 is 5.32 Å². The third-order valence-corrected chi connectivity index (χ3v) is 4.52. The molecule has 0 spiro atoms. The fourth-order valence-corrected chi connectivity index (χ4v) is 2.77. The summed E-state index contributed by atoms with van der Waals surface area (Å²) in [6.07, 6.45) is 0.808. The van der Waals surface area contributed by atoms with Gasteiger partial charge in [-0.05, 0) is 29.9 Å². The Morgan fingerprint density at radius 2 is 2.18 bits per heavy atom. The molecule has 94 valence electrons. The third-order valence-electron chi connectivity index (χ3n) is 3.11. The maximum atomic E-state index is 13.6. The maximum absolute atomic E-state index is 13.6. The van der Waals surface area contributed by atoms with Gasteiger partial charge in [0.1, 0.15) is 11.6 Å². The number of thioether (sulfide) groups is 1. The summed E-state index contributed by atoms with van der Waals surface area (Å²) < 4.78 is 26.5. The highest BCUT2D eigenvalue weighted by molar-refractivity contribution is 8.00. The zero-order valence-corrected chi connectivity index (χ0v) is 10.7. The number of halogens is 2. The molecular formula is C13H17F2NS. The summed E-state index contributed by atoms with van der Waals surface area (Å²) in [4.78, 5) is 0. The van der Waals surface area contributed by atoms with Crippen molar-refractivity contribution < 1.29 is 8.78 Å². The monoisotopic (exact) mass is 257 g/mol. The van der Waals surface area contributed by atoms with Crippen LogP contribution in [0.3, 0.4) is 0 Å². The summed E-state index contributed by atoms with van der Waals surface area (Å²) in [5.74, 6) is 2.12. The lowest BCUT2D eigenvalue weighted by Gasteiger charge is -2.28. The molecule has 2 rings (SSSR count). The van der Waals surface area contributed by atoms with Crippen LogP contribution in [0.5, 0.6) is 0 Å². The highest BCUT2D eigenvalue weighted by Gasteiger charge is 2.20. The Labute approximate surface area is 105 Å². The van der Waals surface area contributed by atoms with E-state index >= 15 is 0 Å². The van der Waals surface area contributed by atoms with Crippen LogP contribution in [0.15, 0.2) is 18.2 Å². The summed E-state index contributed by atoms with van der Waals surface area (Å²) in [7, 11) is 0. The van der Waals surface area contributed by atoms with Crippen molar-refractivity contribution in [1.82, 2.24) is 5.32 Å². The minimum Gasteiger partial charge on any atom is -0.310 e. The minimum absolute atomic E-state index is 0.0128. The molecule has 17 heavy (non-hydrogen) atoms. The molecule has 0 aliphatic carbocycles. The van der Waals surface area contributed by atoms with Crippen molar-refractivity contribution in [1.29, 1.82) is 0 Å². The standard InChI is InChI=1S/C13H17F2NS/c1-2-13(16-6-9-7-17-8-9)11-4-3-10(14)5-12(11)15/h3-5,9,13,16H,2,6-8H2,1H3.